The first kappa shape index (κ1) is 8.78. The van der Waals surface area contributed by atoms with E-state index < -0.39 is 0 Å². The Hall–Kier alpha value is -0.800. The standard InChI is InChI=1S/C10H16N2O/c11-10(9-2-1-7-12-9)5-3-8(13)4-6-10/h1-2,7-8,12-13H,3-6,11H2. The Morgan fingerprint density at radius 2 is 2.15 bits per heavy atom. The van der Waals surface area contributed by atoms with Gasteiger partial charge in [-0.05, 0) is 37.8 Å². The van der Waals surface area contributed by atoms with Crippen molar-refractivity contribution in [3.63, 3.8) is 0 Å². The molecule has 1 heterocycles. The zero-order valence-corrected chi connectivity index (χ0v) is 7.66. The summed E-state index contributed by atoms with van der Waals surface area (Å²) in [5.74, 6) is 0. The molecule has 0 radical (unpaired) electrons. The van der Waals surface area contributed by atoms with E-state index in [0.717, 1.165) is 31.4 Å². The number of aliphatic hydroxyl groups is 1. The minimum absolute atomic E-state index is 0.147. The van der Waals surface area contributed by atoms with Crippen LogP contribution in [0.4, 0.5) is 0 Å². The number of rotatable bonds is 1. The molecule has 4 N–H and O–H groups in total. The first-order valence-corrected chi connectivity index (χ1v) is 4.81. The van der Waals surface area contributed by atoms with Gasteiger partial charge >= 0.3 is 0 Å². The van der Waals surface area contributed by atoms with Gasteiger partial charge in [0.05, 0.1) is 11.6 Å². The van der Waals surface area contributed by atoms with Crippen molar-refractivity contribution in [3.05, 3.63) is 24.0 Å². The smallest absolute Gasteiger partial charge is 0.0563 e. The number of H-pyrrole nitrogens is 1. The van der Waals surface area contributed by atoms with Gasteiger partial charge in [0, 0.05) is 11.9 Å². The van der Waals surface area contributed by atoms with Gasteiger partial charge in [-0.1, -0.05) is 0 Å². The summed E-state index contributed by atoms with van der Waals surface area (Å²) in [5.41, 5.74) is 7.11. The lowest BCUT2D eigenvalue weighted by atomic mass is 9.79. The molecule has 1 fully saturated rings. The number of aromatic nitrogens is 1. The average Bonchev–Trinajstić information content (AvgIpc) is 2.63. The molecule has 0 bridgehead atoms. The lowest BCUT2D eigenvalue weighted by Crippen LogP contribution is -2.41. The van der Waals surface area contributed by atoms with Crippen molar-refractivity contribution in [2.75, 3.05) is 0 Å². The molecule has 1 aromatic heterocycles. The molecule has 3 heteroatoms. The summed E-state index contributed by atoms with van der Waals surface area (Å²) in [6.07, 6.45) is 5.12. The van der Waals surface area contributed by atoms with E-state index in [-0.39, 0.29) is 11.6 Å². The topological polar surface area (TPSA) is 62.0 Å². The van der Waals surface area contributed by atoms with Crippen molar-refractivity contribution >= 4 is 0 Å². The third-order valence-electron chi connectivity index (χ3n) is 2.98. The first-order chi connectivity index (χ1) is 6.21. The summed E-state index contributed by atoms with van der Waals surface area (Å²) in [4.78, 5) is 3.16. The molecule has 2 rings (SSSR count). The molecule has 1 saturated carbocycles. The normalized spacial score (nSPS) is 34.8. The van der Waals surface area contributed by atoms with Gasteiger partial charge in [0.15, 0.2) is 0 Å². The Morgan fingerprint density at radius 3 is 2.69 bits per heavy atom. The quantitative estimate of drug-likeness (QED) is 0.606. The third kappa shape index (κ3) is 1.62. The summed E-state index contributed by atoms with van der Waals surface area (Å²) < 4.78 is 0. The van der Waals surface area contributed by atoms with Crippen LogP contribution in [0.15, 0.2) is 18.3 Å². The predicted molar refractivity (Wildman–Crippen MR) is 51.1 cm³/mol. The van der Waals surface area contributed by atoms with Crippen LogP contribution in [0, 0.1) is 0 Å². The van der Waals surface area contributed by atoms with E-state index >= 15 is 0 Å². The molecule has 1 aliphatic rings. The maximum absolute atomic E-state index is 9.37. The highest BCUT2D eigenvalue weighted by Crippen LogP contribution is 2.33. The highest BCUT2D eigenvalue weighted by molar-refractivity contribution is 5.16. The molecule has 0 aromatic carbocycles. The number of nitrogens with one attached hydrogen (secondary N) is 1. The fraction of sp³-hybridized carbons (Fsp3) is 0.600. The molecule has 1 aliphatic carbocycles. The molecule has 0 spiro atoms. The van der Waals surface area contributed by atoms with Gasteiger partial charge in [0.25, 0.3) is 0 Å². The average molecular weight is 180 g/mol. The molecular weight excluding hydrogens is 164 g/mol. The highest BCUT2D eigenvalue weighted by atomic mass is 16.3. The second kappa shape index (κ2) is 3.16. The van der Waals surface area contributed by atoms with Gasteiger partial charge in [-0.15, -0.1) is 0 Å². The van der Waals surface area contributed by atoms with Crippen molar-refractivity contribution in [3.8, 4) is 0 Å². The van der Waals surface area contributed by atoms with Crippen LogP contribution in [0.2, 0.25) is 0 Å². The molecule has 1 aromatic rings. The fourth-order valence-corrected chi connectivity index (χ4v) is 2.03. The van der Waals surface area contributed by atoms with Gasteiger partial charge in [0.1, 0.15) is 0 Å². The van der Waals surface area contributed by atoms with Crippen LogP contribution in [-0.4, -0.2) is 16.2 Å². The zero-order valence-electron chi connectivity index (χ0n) is 7.66. The molecule has 0 saturated heterocycles. The van der Waals surface area contributed by atoms with Gasteiger partial charge < -0.3 is 15.8 Å². The van der Waals surface area contributed by atoms with Crippen LogP contribution < -0.4 is 5.73 Å². The molecular formula is C10H16N2O. The maximum atomic E-state index is 9.37. The zero-order chi connectivity index (χ0) is 9.31. The Bertz CT molecular complexity index is 260. The monoisotopic (exact) mass is 180 g/mol. The van der Waals surface area contributed by atoms with Crippen molar-refractivity contribution < 1.29 is 5.11 Å². The predicted octanol–water partition coefficient (Wildman–Crippen LogP) is 1.10. The van der Waals surface area contributed by atoms with Gasteiger partial charge in [-0.2, -0.15) is 0 Å². The minimum Gasteiger partial charge on any atom is -0.393 e. The summed E-state index contributed by atoms with van der Waals surface area (Å²) in [6, 6.07) is 3.99. The van der Waals surface area contributed by atoms with Crippen LogP contribution in [0.3, 0.4) is 0 Å². The molecule has 0 amide bonds. The Labute approximate surface area is 78.0 Å². The lowest BCUT2D eigenvalue weighted by molar-refractivity contribution is 0.0958. The van der Waals surface area contributed by atoms with E-state index in [2.05, 4.69) is 4.98 Å². The van der Waals surface area contributed by atoms with Crippen molar-refractivity contribution in [1.82, 2.24) is 4.98 Å². The van der Waals surface area contributed by atoms with Crippen LogP contribution in [-0.2, 0) is 5.54 Å². The largest absolute Gasteiger partial charge is 0.393 e. The Kier molecular flexibility index (Phi) is 2.14. The second-order valence-corrected chi connectivity index (χ2v) is 3.97. The van der Waals surface area contributed by atoms with E-state index in [0.29, 0.717) is 0 Å². The highest BCUT2D eigenvalue weighted by Gasteiger charge is 2.33. The van der Waals surface area contributed by atoms with E-state index in [9.17, 15) is 5.11 Å². The SMILES string of the molecule is NC1(c2ccc[nH]2)CCC(O)CC1. The number of hydrogen-bond acceptors (Lipinski definition) is 2. The van der Waals surface area contributed by atoms with Gasteiger partial charge in [-0.3, -0.25) is 0 Å². The van der Waals surface area contributed by atoms with E-state index in [1.54, 1.807) is 0 Å². The lowest BCUT2D eigenvalue weighted by Gasteiger charge is -2.34. The summed E-state index contributed by atoms with van der Waals surface area (Å²) in [6.45, 7) is 0. The van der Waals surface area contributed by atoms with Crippen LogP contribution in [0.5, 0.6) is 0 Å². The molecule has 0 aliphatic heterocycles. The second-order valence-electron chi connectivity index (χ2n) is 3.97. The van der Waals surface area contributed by atoms with E-state index in [1.807, 2.05) is 18.3 Å². The Balaban J connectivity index is 2.13. The van der Waals surface area contributed by atoms with Crippen molar-refractivity contribution in [2.45, 2.75) is 37.3 Å². The van der Waals surface area contributed by atoms with Gasteiger partial charge in [-0.25, -0.2) is 0 Å². The Morgan fingerprint density at radius 1 is 1.46 bits per heavy atom. The minimum atomic E-state index is -0.233. The first-order valence-electron chi connectivity index (χ1n) is 4.81. The molecule has 0 unspecified atom stereocenters. The summed E-state index contributed by atoms with van der Waals surface area (Å²) in [7, 11) is 0. The molecule has 0 atom stereocenters. The molecule has 13 heavy (non-hydrogen) atoms. The summed E-state index contributed by atoms with van der Waals surface area (Å²) in [5, 5.41) is 9.37. The number of nitrogens with two attached hydrogens (primary N) is 1. The van der Waals surface area contributed by atoms with E-state index in [1.165, 1.54) is 0 Å². The summed E-state index contributed by atoms with van der Waals surface area (Å²) >= 11 is 0. The van der Waals surface area contributed by atoms with Crippen LogP contribution >= 0.6 is 0 Å². The van der Waals surface area contributed by atoms with Gasteiger partial charge in [0.2, 0.25) is 0 Å². The van der Waals surface area contributed by atoms with E-state index in [4.69, 9.17) is 5.73 Å². The maximum Gasteiger partial charge on any atom is 0.0563 e. The fourth-order valence-electron chi connectivity index (χ4n) is 2.03. The number of hydrogen-bond donors (Lipinski definition) is 3. The number of aliphatic hydroxyl groups excluding tert-OH is 1. The molecule has 72 valence electrons. The molecule has 3 nitrogen and oxygen atoms in total. The third-order valence-corrected chi connectivity index (χ3v) is 2.98. The van der Waals surface area contributed by atoms with Crippen LogP contribution in [0.25, 0.3) is 0 Å². The van der Waals surface area contributed by atoms with Crippen molar-refractivity contribution in [2.24, 2.45) is 5.73 Å². The van der Waals surface area contributed by atoms with Crippen LogP contribution in [0.1, 0.15) is 31.4 Å². The number of aromatic amines is 1. The van der Waals surface area contributed by atoms with Crippen molar-refractivity contribution in [1.29, 1.82) is 0 Å².